The second kappa shape index (κ2) is 8.03. The van der Waals surface area contributed by atoms with Gasteiger partial charge in [-0.05, 0) is 30.3 Å². The molecule has 0 aliphatic rings. The van der Waals surface area contributed by atoms with Crippen LogP contribution in [-0.2, 0) is 6.54 Å². The third kappa shape index (κ3) is 4.04. The van der Waals surface area contributed by atoms with Crippen LogP contribution in [-0.4, -0.2) is 11.1 Å². The van der Waals surface area contributed by atoms with Gasteiger partial charge in [0.2, 0.25) is 0 Å². The molecule has 0 aliphatic heterocycles. The summed E-state index contributed by atoms with van der Waals surface area (Å²) in [5.74, 6) is 0.851. The summed E-state index contributed by atoms with van der Waals surface area (Å²) in [7, 11) is 0. The Morgan fingerprint density at radius 3 is 2.54 bits per heavy atom. The molecule has 26 heavy (non-hydrogen) atoms. The van der Waals surface area contributed by atoms with Gasteiger partial charge in [-0.3, -0.25) is 10.1 Å². The van der Waals surface area contributed by atoms with Gasteiger partial charge in [-0.25, -0.2) is 0 Å². The largest absolute Gasteiger partial charge is 0.455 e. The number of furan rings is 1. The van der Waals surface area contributed by atoms with Crippen LogP contribution in [0.2, 0.25) is 10.0 Å². The van der Waals surface area contributed by atoms with Crippen molar-refractivity contribution < 1.29 is 9.34 Å². The maximum absolute atomic E-state index is 11.1. The van der Waals surface area contributed by atoms with Crippen LogP contribution < -0.4 is 5.43 Å². The Labute approximate surface area is 159 Å². The van der Waals surface area contributed by atoms with Crippen molar-refractivity contribution in [2.75, 3.05) is 0 Å². The third-order valence-electron chi connectivity index (χ3n) is 3.59. The van der Waals surface area contributed by atoms with E-state index in [1.165, 1.54) is 12.3 Å². The highest BCUT2D eigenvalue weighted by Gasteiger charge is 2.16. The Balaban J connectivity index is 1.69. The van der Waals surface area contributed by atoms with Crippen LogP contribution in [0, 0.1) is 10.1 Å². The molecule has 0 saturated heterocycles. The van der Waals surface area contributed by atoms with E-state index in [1.54, 1.807) is 48.5 Å². The maximum atomic E-state index is 11.1. The van der Waals surface area contributed by atoms with Crippen molar-refractivity contribution in [2.24, 2.45) is 5.10 Å². The minimum Gasteiger partial charge on any atom is -0.455 e. The SMILES string of the molecule is O=[N+]([O-])c1ccccc1-c1ccc(/C=N\NCc2c(Cl)cccc2Cl)o1. The van der Waals surface area contributed by atoms with Gasteiger partial charge in [0.25, 0.3) is 5.69 Å². The van der Waals surface area contributed by atoms with E-state index < -0.39 is 4.92 Å². The summed E-state index contributed by atoms with van der Waals surface area (Å²) in [6.07, 6.45) is 1.48. The quantitative estimate of drug-likeness (QED) is 0.353. The third-order valence-corrected chi connectivity index (χ3v) is 4.30. The van der Waals surface area contributed by atoms with Gasteiger partial charge >= 0.3 is 0 Å². The highest BCUT2D eigenvalue weighted by molar-refractivity contribution is 6.35. The zero-order valence-corrected chi connectivity index (χ0v) is 14.9. The van der Waals surface area contributed by atoms with E-state index in [-0.39, 0.29) is 5.69 Å². The van der Waals surface area contributed by atoms with Gasteiger partial charge in [0.1, 0.15) is 11.5 Å². The van der Waals surface area contributed by atoms with Crippen molar-refractivity contribution >= 4 is 35.1 Å². The number of rotatable bonds is 6. The first-order valence-electron chi connectivity index (χ1n) is 7.58. The molecular formula is C18H13Cl2N3O3. The molecule has 0 atom stereocenters. The van der Waals surface area contributed by atoms with Gasteiger partial charge in [-0.15, -0.1) is 0 Å². The van der Waals surface area contributed by atoms with Crippen LogP contribution in [0.5, 0.6) is 0 Å². The topological polar surface area (TPSA) is 80.7 Å². The van der Waals surface area contributed by atoms with Crippen molar-refractivity contribution in [3.63, 3.8) is 0 Å². The fourth-order valence-corrected chi connectivity index (χ4v) is 2.87. The highest BCUT2D eigenvalue weighted by Crippen LogP contribution is 2.30. The first-order chi connectivity index (χ1) is 12.6. The summed E-state index contributed by atoms with van der Waals surface area (Å²) in [6, 6.07) is 15.0. The lowest BCUT2D eigenvalue weighted by atomic mass is 10.1. The summed E-state index contributed by atoms with van der Waals surface area (Å²) >= 11 is 12.2. The molecule has 8 heteroatoms. The minimum atomic E-state index is -0.444. The van der Waals surface area contributed by atoms with Crippen molar-refractivity contribution in [1.29, 1.82) is 0 Å². The first-order valence-corrected chi connectivity index (χ1v) is 8.34. The number of benzene rings is 2. The van der Waals surface area contributed by atoms with Crippen LogP contribution in [0.3, 0.4) is 0 Å². The average Bonchev–Trinajstić information content (AvgIpc) is 3.09. The number of para-hydroxylation sites is 1. The van der Waals surface area contributed by atoms with Gasteiger partial charge in [0.05, 0.1) is 23.2 Å². The summed E-state index contributed by atoms with van der Waals surface area (Å²) in [4.78, 5) is 10.7. The molecule has 132 valence electrons. The van der Waals surface area contributed by atoms with E-state index >= 15 is 0 Å². The highest BCUT2D eigenvalue weighted by atomic mass is 35.5. The van der Waals surface area contributed by atoms with Gasteiger partial charge < -0.3 is 9.84 Å². The molecule has 3 rings (SSSR count). The molecule has 1 N–H and O–H groups in total. The maximum Gasteiger partial charge on any atom is 0.280 e. The van der Waals surface area contributed by atoms with E-state index in [0.717, 1.165) is 5.56 Å². The van der Waals surface area contributed by atoms with Crippen LogP contribution >= 0.6 is 23.2 Å². The van der Waals surface area contributed by atoms with Crippen molar-refractivity contribution in [1.82, 2.24) is 5.43 Å². The molecule has 0 amide bonds. The number of hydrogen-bond acceptors (Lipinski definition) is 5. The Hall–Kier alpha value is -2.83. The first kappa shape index (κ1) is 18.0. The van der Waals surface area contributed by atoms with Crippen LogP contribution in [0.4, 0.5) is 5.69 Å². The number of halogens is 2. The Morgan fingerprint density at radius 1 is 1.08 bits per heavy atom. The van der Waals surface area contributed by atoms with Crippen molar-refractivity contribution in [3.05, 3.63) is 86.1 Å². The van der Waals surface area contributed by atoms with Gasteiger partial charge in [-0.2, -0.15) is 5.10 Å². The normalized spacial score (nSPS) is 11.0. The number of nitro benzene ring substituents is 1. The molecule has 0 fully saturated rings. The lowest BCUT2D eigenvalue weighted by molar-refractivity contribution is -0.384. The molecule has 0 bridgehead atoms. The molecule has 2 aromatic carbocycles. The summed E-state index contributed by atoms with van der Waals surface area (Å²) < 4.78 is 5.61. The Kier molecular flexibility index (Phi) is 5.55. The van der Waals surface area contributed by atoms with E-state index in [9.17, 15) is 10.1 Å². The summed E-state index contributed by atoms with van der Waals surface area (Å²) in [6.45, 7) is 0.354. The van der Waals surface area contributed by atoms with Crippen molar-refractivity contribution in [3.8, 4) is 11.3 Å². The van der Waals surface area contributed by atoms with Gasteiger partial charge in [0.15, 0.2) is 0 Å². The molecule has 3 aromatic rings. The number of nitrogens with zero attached hydrogens (tertiary/aromatic N) is 2. The van der Waals surface area contributed by atoms with E-state index in [2.05, 4.69) is 10.5 Å². The van der Waals surface area contributed by atoms with Gasteiger partial charge in [-0.1, -0.05) is 41.4 Å². The Morgan fingerprint density at radius 2 is 1.81 bits per heavy atom. The second-order valence-electron chi connectivity index (χ2n) is 5.27. The molecule has 0 spiro atoms. The molecule has 0 radical (unpaired) electrons. The number of hydrazone groups is 1. The molecule has 1 heterocycles. The standard InChI is InChI=1S/C18H13Cl2N3O3/c19-15-5-3-6-16(20)14(15)11-22-21-10-12-8-9-18(26-12)13-4-1-2-7-17(13)23(24)25/h1-10,22H,11H2/b21-10-. The molecular weight excluding hydrogens is 377 g/mol. The molecule has 0 aliphatic carbocycles. The number of nitrogens with one attached hydrogen (secondary N) is 1. The number of nitro groups is 1. The predicted molar refractivity (Wildman–Crippen MR) is 102 cm³/mol. The fraction of sp³-hybridized carbons (Fsp3) is 0.0556. The second-order valence-corrected chi connectivity index (χ2v) is 6.08. The lowest BCUT2D eigenvalue weighted by Crippen LogP contribution is -2.06. The fourth-order valence-electron chi connectivity index (χ4n) is 2.34. The summed E-state index contributed by atoms with van der Waals surface area (Å²) in [5.41, 5.74) is 3.98. The number of hydrogen-bond donors (Lipinski definition) is 1. The van der Waals surface area contributed by atoms with Gasteiger partial charge in [0, 0.05) is 21.7 Å². The predicted octanol–water partition coefficient (Wildman–Crippen LogP) is 5.29. The molecule has 0 unspecified atom stereocenters. The monoisotopic (exact) mass is 389 g/mol. The minimum absolute atomic E-state index is 0.0168. The average molecular weight is 390 g/mol. The Bertz CT molecular complexity index is 950. The smallest absolute Gasteiger partial charge is 0.280 e. The molecule has 0 saturated carbocycles. The molecule has 6 nitrogen and oxygen atoms in total. The molecule has 1 aromatic heterocycles. The zero-order valence-electron chi connectivity index (χ0n) is 13.4. The van der Waals surface area contributed by atoms with E-state index in [4.69, 9.17) is 27.6 Å². The van der Waals surface area contributed by atoms with Crippen LogP contribution in [0.15, 0.2) is 64.1 Å². The van der Waals surface area contributed by atoms with Crippen LogP contribution in [0.25, 0.3) is 11.3 Å². The van der Waals surface area contributed by atoms with E-state index in [1.807, 2.05) is 0 Å². The lowest BCUT2D eigenvalue weighted by Gasteiger charge is -2.05. The summed E-state index contributed by atoms with van der Waals surface area (Å²) in [5, 5.41) is 16.3. The zero-order chi connectivity index (χ0) is 18.5. The van der Waals surface area contributed by atoms with Crippen molar-refractivity contribution in [2.45, 2.75) is 6.54 Å². The van der Waals surface area contributed by atoms with E-state index in [0.29, 0.717) is 33.7 Å². The van der Waals surface area contributed by atoms with Crippen LogP contribution in [0.1, 0.15) is 11.3 Å².